The third-order valence-electron chi connectivity index (χ3n) is 3.97. The number of H-pyrrole nitrogens is 1. The Bertz CT molecular complexity index is 1300. The van der Waals surface area contributed by atoms with E-state index < -0.39 is 0 Å². The minimum Gasteiger partial charge on any atom is -0.332 e. The first kappa shape index (κ1) is 18.4. The lowest BCUT2D eigenvalue weighted by atomic mass is 10.1. The lowest BCUT2D eigenvalue weighted by Gasteiger charge is -2.07. The number of benzene rings is 1. The maximum Gasteiger partial charge on any atom is 0.262 e. The first-order valence-electron chi connectivity index (χ1n) is 8.12. The van der Waals surface area contributed by atoms with Gasteiger partial charge in [0.15, 0.2) is 4.77 Å². The molecule has 3 aromatic heterocycles. The quantitative estimate of drug-likeness (QED) is 0.370. The van der Waals surface area contributed by atoms with E-state index in [-0.39, 0.29) is 16.2 Å². The predicted molar refractivity (Wildman–Crippen MR) is 115 cm³/mol. The van der Waals surface area contributed by atoms with Crippen molar-refractivity contribution in [1.29, 1.82) is 0 Å². The molecule has 1 amide bonds. The molecule has 0 aliphatic carbocycles. The molecule has 10 heteroatoms. The fourth-order valence-corrected chi connectivity index (χ4v) is 4.35. The van der Waals surface area contributed by atoms with Gasteiger partial charge in [0, 0.05) is 23.1 Å². The zero-order valence-corrected chi connectivity index (χ0v) is 16.8. The van der Waals surface area contributed by atoms with Crippen molar-refractivity contribution in [3.05, 3.63) is 68.4 Å². The fraction of sp³-hybridized carbons (Fsp3) is 0.0556. The summed E-state index contributed by atoms with van der Waals surface area (Å²) in [6.45, 7) is 3.95. The van der Waals surface area contributed by atoms with Gasteiger partial charge in [-0.2, -0.15) is 11.3 Å². The van der Waals surface area contributed by atoms with E-state index in [0.717, 1.165) is 10.6 Å². The van der Waals surface area contributed by atoms with Gasteiger partial charge in [-0.3, -0.25) is 19.5 Å². The topological polar surface area (TPSA) is 92.7 Å². The van der Waals surface area contributed by atoms with Gasteiger partial charge in [-0.1, -0.05) is 17.4 Å². The molecule has 140 valence electrons. The number of thiophene rings is 1. The Hall–Kier alpha value is -2.95. The summed E-state index contributed by atoms with van der Waals surface area (Å²) in [6, 6.07) is 6.74. The van der Waals surface area contributed by atoms with Crippen molar-refractivity contribution in [1.82, 2.24) is 19.7 Å². The number of nitrogens with one attached hydrogen (secondary N) is 2. The van der Waals surface area contributed by atoms with E-state index in [1.807, 2.05) is 16.8 Å². The first-order valence-corrected chi connectivity index (χ1v) is 10.3. The largest absolute Gasteiger partial charge is 0.332 e. The molecule has 0 spiro atoms. The van der Waals surface area contributed by atoms with Crippen LogP contribution >= 0.6 is 34.9 Å². The molecule has 0 saturated heterocycles. The van der Waals surface area contributed by atoms with Gasteiger partial charge < -0.3 is 4.98 Å². The molecular formula is C18H13N5O2S3. The van der Waals surface area contributed by atoms with Gasteiger partial charge in [0.25, 0.3) is 11.5 Å². The third-order valence-corrected chi connectivity index (χ3v) is 5.86. The van der Waals surface area contributed by atoms with Crippen LogP contribution in [0.4, 0.5) is 5.13 Å². The Labute approximate surface area is 172 Å². The summed E-state index contributed by atoms with van der Waals surface area (Å²) in [5.74, 6) is -0.343. The smallest absolute Gasteiger partial charge is 0.262 e. The SMILES string of the molecule is C=CCn1c(=S)[nH]c2cc(C(=O)Nc3nnc(-c4ccsc4)s3)ccc2c1=O. The van der Waals surface area contributed by atoms with E-state index in [1.165, 1.54) is 15.9 Å². The van der Waals surface area contributed by atoms with E-state index in [9.17, 15) is 9.59 Å². The van der Waals surface area contributed by atoms with E-state index in [0.29, 0.717) is 28.1 Å². The summed E-state index contributed by atoms with van der Waals surface area (Å²) in [5.41, 5.74) is 1.62. The molecule has 0 fully saturated rings. The number of fused-ring (bicyclic) bond motifs is 1. The number of aromatic nitrogens is 4. The number of carbonyl (C=O) groups excluding carboxylic acids is 1. The average molecular weight is 428 g/mol. The van der Waals surface area contributed by atoms with Crippen molar-refractivity contribution in [2.45, 2.75) is 6.54 Å². The van der Waals surface area contributed by atoms with Gasteiger partial charge in [-0.05, 0) is 41.9 Å². The summed E-state index contributed by atoms with van der Waals surface area (Å²) in [4.78, 5) is 28.1. The molecule has 28 heavy (non-hydrogen) atoms. The monoisotopic (exact) mass is 427 g/mol. The number of rotatable bonds is 5. The molecular weight excluding hydrogens is 414 g/mol. The normalized spacial score (nSPS) is 10.9. The van der Waals surface area contributed by atoms with Gasteiger partial charge in [-0.25, -0.2) is 0 Å². The lowest BCUT2D eigenvalue weighted by molar-refractivity contribution is 0.102. The summed E-state index contributed by atoms with van der Waals surface area (Å²) >= 11 is 8.09. The number of hydrogen-bond donors (Lipinski definition) is 2. The number of nitrogens with zero attached hydrogens (tertiary/aromatic N) is 3. The molecule has 0 unspecified atom stereocenters. The molecule has 0 radical (unpaired) electrons. The summed E-state index contributed by atoms with van der Waals surface area (Å²) in [5, 5.41) is 16.4. The third kappa shape index (κ3) is 3.44. The lowest BCUT2D eigenvalue weighted by Crippen LogP contribution is -2.22. The van der Waals surface area contributed by atoms with Crippen molar-refractivity contribution in [3.8, 4) is 10.6 Å². The minimum atomic E-state index is -0.343. The van der Waals surface area contributed by atoms with Crippen LogP contribution in [-0.4, -0.2) is 25.7 Å². The molecule has 1 aromatic carbocycles. The number of hydrogen-bond acceptors (Lipinski definition) is 7. The van der Waals surface area contributed by atoms with E-state index >= 15 is 0 Å². The second kappa shape index (κ2) is 7.58. The molecule has 0 bridgehead atoms. The number of carbonyl (C=O) groups is 1. The second-order valence-electron chi connectivity index (χ2n) is 5.77. The summed E-state index contributed by atoms with van der Waals surface area (Å²) < 4.78 is 1.69. The van der Waals surface area contributed by atoms with Crippen molar-refractivity contribution >= 4 is 56.8 Å². The van der Waals surface area contributed by atoms with Gasteiger partial charge in [0.1, 0.15) is 5.01 Å². The Kier molecular flexibility index (Phi) is 4.99. The molecule has 0 atom stereocenters. The molecule has 0 saturated carbocycles. The van der Waals surface area contributed by atoms with Crippen molar-refractivity contribution < 1.29 is 4.79 Å². The number of aromatic amines is 1. The number of allylic oxidation sites excluding steroid dienone is 1. The van der Waals surface area contributed by atoms with Crippen LogP contribution in [0.25, 0.3) is 21.5 Å². The first-order chi connectivity index (χ1) is 13.6. The van der Waals surface area contributed by atoms with Gasteiger partial charge in [0.2, 0.25) is 5.13 Å². The van der Waals surface area contributed by atoms with Gasteiger partial charge >= 0.3 is 0 Å². The molecule has 2 N–H and O–H groups in total. The Morgan fingerprint density at radius 2 is 2.21 bits per heavy atom. The maximum absolute atomic E-state index is 12.6. The van der Waals surface area contributed by atoms with Gasteiger partial charge in [0.05, 0.1) is 10.9 Å². The molecule has 4 aromatic rings. The van der Waals surface area contributed by atoms with Crippen LogP contribution in [0.15, 0.2) is 52.5 Å². The highest BCUT2D eigenvalue weighted by Crippen LogP contribution is 2.28. The highest BCUT2D eigenvalue weighted by molar-refractivity contribution is 7.71. The molecule has 4 rings (SSSR count). The minimum absolute atomic E-state index is 0.227. The van der Waals surface area contributed by atoms with Crippen LogP contribution < -0.4 is 10.9 Å². The van der Waals surface area contributed by atoms with Crippen molar-refractivity contribution in [3.63, 3.8) is 0 Å². The Morgan fingerprint density at radius 1 is 1.36 bits per heavy atom. The van der Waals surface area contributed by atoms with Crippen molar-refractivity contribution in [2.75, 3.05) is 5.32 Å². The van der Waals surface area contributed by atoms with Crippen LogP contribution in [0.1, 0.15) is 10.4 Å². The Balaban J connectivity index is 1.63. The number of anilines is 1. The molecule has 3 heterocycles. The zero-order chi connectivity index (χ0) is 19.7. The van der Waals surface area contributed by atoms with Crippen LogP contribution in [0.2, 0.25) is 0 Å². The Morgan fingerprint density at radius 3 is 2.96 bits per heavy atom. The summed E-state index contributed by atoms with van der Waals surface area (Å²) in [6.07, 6.45) is 1.60. The molecule has 7 nitrogen and oxygen atoms in total. The second-order valence-corrected chi connectivity index (χ2v) is 7.92. The highest BCUT2D eigenvalue weighted by atomic mass is 32.1. The maximum atomic E-state index is 12.6. The fourth-order valence-electron chi connectivity index (χ4n) is 2.64. The van der Waals surface area contributed by atoms with Gasteiger partial charge in [-0.15, -0.1) is 16.8 Å². The highest BCUT2D eigenvalue weighted by Gasteiger charge is 2.13. The predicted octanol–water partition coefficient (Wildman–Crippen LogP) is 4.08. The average Bonchev–Trinajstić information content (AvgIpc) is 3.36. The summed E-state index contributed by atoms with van der Waals surface area (Å²) in [7, 11) is 0. The van der Waals surface area contributed by atoms with E-state index in [1.54, 1.807) is 35.6 Å². The van der Waals surface area contributed by atoms with Crippen LogP contribution in [0.5, 0.6) is 0 Å². The molecule has 0 aliphatic heterocycles. The van der Waals surface area contributed by atoms with E-state index in [2.05, 4.69) is 27.1 Å². The van der Waals surface area contributed by atoms with Crippen LogP contribution in [0, 0.1) is 4.77 Å². The van der Waals surface area contributed by atoms with Crippen LogP contribution in [0.3, 0.4) is 0 Å². The van der Waals surface area contributed by atoms with Crippen molar-refractivity contribution in [2.24, 2.45) is 0 Å². The molecule has 0 aliphatic rings. The van der Waals surface area contributed by atoms with E-state index in [4.69, 9.17) is 12.2 Å². The zero-order valence-electron chi connectivity index (χ0n) is 14.3. The number of amides is 1. The standard InChI is InChI=1S/C18H13N5O2S3/c1-2-6-23-16(25)12-4-3-10(8-13(12)19-18(23)26)14(24)20-17-22-21-15(28-17)11-5-7-27-9-11/h2-5,7-9H,1,6H2,(H,19,26)(H,20,22,24). The van der Waals surface area contributed by atoms with Crippen LogP contribution in [-0.2, 0) is 6.54 Å².